The molecule has 1 aliphatic carbocycles. The molecule has 0 radical (unpaired) electrons. The van der Waals surface area contributed by atoms with Crippen molar-refractivity contribution in [1.29, 1.82) is 5.26 Å². The van der Waals surface area contributed by atoms with E-state index in [9.17, 15) is 9.59 Å². The van der Waals surface area contributed by atoms with Crippen LogP contribution in [0.4, 0.5) is 5.00 Å². The smallest absolute Gasteiger partial charge is 0.341 e. The van der Waals surface area contributed by atoms with Gasteiger partial charge in [-0.2, -0.15) is 5.26 Å². The van der Waals surface area contributed by atoms with E-state index in [1.807, 2.05) is 0 Å². The molecular formula is C19H18N2O3S. The summed E-state index contributed by atoms with van der Waals surface area (Å²) < 4.78 is 5.47. The quantitative estimate of drug-likeness (QED) is 0.847. The molecule has 0 saturated heterocycles. The molecular weight excluding hydrogens is 336 g/mol. The molecule has 128 valence electrons. The Labute approximate surface area is 150 Å². The van der Waals surface area contributed by atoms with Crippen molar-refractivity contribution in [2.75, 3.05) is 5.32 Å². The van der Waals surface area contributed by atoms with Gasteiger partial charge in [0.05, 0.1) is 17.2 Å². The molecule has 0 fully saturated rings. The van der Waals surface area contributed by atoms with E-state index in [2.05, 4.69) is 11.4 Å². The van der Waals surface area contributed by atoms with Gasteiger partial charge in [-0.25, -0.2) is 4.79 Å². The third-order valence-corrected chi connectivity index (χ3v) is 5.33. The number of rotatable bonds is 4. The van der Waals surface area contributed by atoms with E-state index < -0.39 is 5.97 Å². The fourth-order valence-electron chi connectivity index (χ4n) is 2.93. The van der Waals surface area contributed by atoms with Crippen molar-refractivity contribution in [3.63, 3.8) is 0 Å². The Bertz CT molecular complexity index is 847. The maximum atomic E-state index is 12.7. The van der Waals surface area contributed by atoms with Gasteiger partial charge >= 0.3 is 5.97 Å². The second-order valence-electron chi connectivity index (χ2n) is 5.98. The van der Waals surface area contributed by atoms with Crippen LogP contribution in [-0.2, 0) is 29.0 Å². The van der Waals surface area contributed by atoms with Crippen molar-refractivity contribution < 1.29 is 14.3 Å². The van der Waals surface area contributed by atoms with Crippen molar-refractivity contribution in [3.8, 4) is 6.07 Å². The topological polar surface area (TPSA) is 79.2 Å². The van der Waals surface area contributed by atoms with Gasteiger partial charge in [0.2, 0.25) is 5.91 Å². The van der Waals surface area contributed by atoms with Gasteiger partial charge in [-0.15, -0.1) is 11.3 Å². The number of amides is 1. The van der Waals surface area contributed by atoms with Crippen LogP contribution in [0.25, 0.3) is 0 Å². The Morgan fingerprint density at radius 3 is 2.64 bits per heavy atom. The van der Waals surface area contributed by atoms with Crippen molar-refractivity contribution in [2.45, 2.75) is 39.2 Å². The maximum Gasteiger partial charge on any atom is 0.341 e. The van der Waals surface area contributed by atoms with E-state index in [0.717, 1.165) is 36.8 Å². The summed E-state index contributed by atoms with van der Waals surface area (Å²) >= 11 is 1.48. The number of nitrogens with zero attached hydrogens (tertiary/aromatic N) is 1. The number of fused-ring (bicyclic) bond motifs is 1. The van der Waals surface area contributed by atoms with Crippen LogP contribution in [0.5, 0.6) is 0 Å². The molecule has 1 amide bonds. The number of ether oxygens (including phenoxy) is 1. The molecule has 0 aliphatic heterocycles. The van der Waals surface area contributed by atoms with Crippen molar-refractivity contribution >= 4 is 28.2 Å². The first-order valence-electron chi connectivity index (χ1n) is 8.16. The normalized spacial score (nSPS) is 12.8. The highest BCUT2D eigenvalue weighted by Crippen LogP contribution is 2.38. The summed E-state index contributed by atoms with van der Waals surface area (Å²) in [6.45, 7) is 1.57. The van der Waals surface area contributed by atoms with Crippen LogP contribution in [-0.4, -0.2) is 11.9 Å². The number of esters is 1. The first-order valence-corrected chi connectivity index (χ1v) is 8.98. The number of benzene rings is 1. The van der Waals surface area contributed by atoms with Gasteiger partial charge in [0, 0.05) is 11.8 Å². The number of thiophene rings is 1. The van der Waals surface area contributed by atoms with Gasteiger partial charge in [-0.3, -0.25) is 4.79 Å². The first kappa shape index (κ1) is 17.2. The van der Waals surface area contributed by atoms with Crippen LogP contribution in [0, 0.1) is 11.3 Å². The summed E-state index contributed by atoms with van der Waals surface area (Å²) in [7, 11) is 0. The molecule has 0 saturated carbocycles. The third kappa shape index (κ3) is 3.89. The summed E-state index contributed by atoms with van der Waals surface area (Å²) in [6.07, 6.45) is 3.92. The second-order valence-corrected chi connectivity index (χ2v) is 7.09. The number of hydrogen-bond donors (Lipinski definition) is 1. The molecule has 5 nitrogen and oxygen atoms in total. The molecule has 6 heteroatoms. The van der Waals surface area contributed by atoms with Crippen molar-refractivity contribution in [3.05, 3.63) is 51.4 Å². The molecule has 0 bridgehead atoms. The Kier molecular flexibility index (Phi) is 5.15. The van der Waals surface area contributed by atoms with Crippen LogP contribution in [0.15, 0.2) is 24.3 Å². The molecule has 2 aromatic rings. The minimum atomic E-state index is -0.410. The molecule has 1 N–H and O–H groups in total. The number of carbonyl (C=O) groups excluding carboxylic acids is 2. The predicted molar refractivity (Wildman–Crippen MR) is 95.5 cm³/mol. The molecule has 3 rings (SSSR count). The summed E-state index contributed by atoms with van der Waals surface area (Å²) in [5.41, 5.74) is 2.90. The number of hydrogen-bond acceptors (Lipinski definition) is 5. The maximum absolute atomic E-state index is 12.7. The standard InChI is InChI=1S/C19H18N2O3S/c1-12(22)21-18-17(15-4-2-3-5-16(15)25-18)19(23)24-11-14-8-6-13(10-20)7-9-14/h6-9H,2-5,11H2,1H3,(H,21,22). The zero-order valence-electron chi connectivity index (χ0n) is 13.9. The van der Waals surface area contributed by atoms with E-state index in [-0.39, 0.29) is 12.5 Å². The van der Waals surface area contributed by atoms with E-state index >= 15 is 0 Å². The highest BCUT2D eigenvalue weighted by atomic mass is 32.1. The highest BCUT2D eigenvalue weighted by molar-refractivity contribution is 7.17. The van der Waals surface area contributed by atoms with Crippen LogP contribution >= 0.6 is 11.3 Å². The summed E-state index contributed by atoms with van der Waals surface area (Å²) in [4.78, 5) is 25.3. The zero-order chi connectivity index (χ0) is 17.8. The number of carbonyl (C=O) groups is 2. The van der Waals surface area contributed by atoms with Crippen molar-refractivity contribution in [2.24, 2.45) is 0 Å². The van der Waals surface area contributed by atoms with Crippen LogP contribution in [0.1, 0.15) is 51.7 Å². The highest BCUT2D eigenvalue weighted by Gasteiger charge is 2.26. The average Bonchev–Trinajstić information content (AvgIpc) is 2.97. The average molecular weight is 354 g/mol. The molecule has 0 atom stereocenters. The summed E-state index contributed by atoms with van der Waals surface area (Å²) in [6, 6.07) is 8.98. The predicted octanol–water partition coefficient (Wildman–Crippen LogP) is 3.81. The number of nitrogens with one attached hydrogen (secondary N) is 1. The van der Waals surface area contributed by atoms with E-state index in [1.165, 1.54) is 23.1 Å². The Hall–Kier alpha value is -2.65. The number of aryl methyl sites for hydroxylation is 1. The number of nitriles is 1. The lowest BCUT2D eigenvalue weighted by atomic mass is 9.95. The molecule has 1 aromatic heterocycles. The molecule has 25 heavy (non-hydrogen) atoms. The van der Waals surface area contributed by atoms with Gasteiger partial charge in [0.15, 0.2) is 0 Å². The lowest BCUT2D eigenvalue weighted by Gasteiger charge is -2.13. The monoisotopic (exact) mass is 354 g/mol. The molecule has 1 aromatic carbocycles. The molecule has 1 heterocycles. The second kappa shape index (κ2) is 7.49. The Morgan fingerprint density at radius 1 is 1.24 bits per heavy atom. The van der Waals surface area contributed by atoms with E-state index in [4.69, 9.17) is 10.00 Å². The lowest BCUT2D eigenvalue weighted by Crippen LogP contribution is -2.13. The molecule has 0 spiro atoms. The number of anilines is 1. The third-order valence-electron chi connectivity index (χ3n) is 4.12. The van der Waals surface area contributed by atoms with Gasteiger partial charge in [-0.05, 0) is 48.9 Å². The SMILES string of the molecule is CC(=O)Nc1sc2c(c1C(=O)OCc1ccc(C#N)cc1)CCCC2. The fraction of sp³-hybridized carbons (Fsp3) is 0.316. The Morgan fingerprint density at radius 2 is 1.96 bits per heavy atom. The van der Waals surface area contributed by atoms with E-state index in [1.54, 1.807) is 24.3 Å². The molecule has 1 aliphatic rings. The van der Waals surface area contributed by atoms with Gasteiger partial charge in [-0.1, -0.05) is 12.1 Å². The van der Waals surface area contributed by atoms with Crippen LogP contribution in [0.2, 0.25) is 0 Å². The first-order chi connectivity index (χ1) is 12.1. The van der Waals surface area contributed by atoms with E-state index in [0.29, 0.717) is 16.1 Å². The Balaban J connectivity index is 1.79. The minimum Gasteiger partial charge on any atom is -0.457 e. The zero-order valence-corrected chi connectivity index (χ0v) is 14.7. The minimum absolute atomic E-state index is 0.134. The molecule has 0 unspecified atom stereocenters. The largest absolute Gasteiger partial charge is 0.457 e. The van der Waals surface area contributed by atoms with Crippen LogP contribution < -0.4 is 5.32 Å². The lowest BCUT2D eigenvalue weighted by molar-refractivity contribution is -0.114. The van der Waals surface area contributed by atoms with Crippen molar-refractivity contribution in [1.82, 2.24) is 0 Å². The van der Waals surface area contributed by atoms with Crippen LogP contribution in [0.3, 0.4) is 0 Å². The summed E-state index contributed by atoms with van der Waals surface area (Å²) in [5, 5.41) is 12.2. The van der Waals surface area contributed by atoms with Gasteiger partial charge < -0.3 is 10.1 Å². The van der Waals surface area contributed by atoms with Gasteiger partial charge in [0.25, 0.3) is 0 Å². The van der Waals surface area contributed by atoms with Gasteiger partial charge in [0.1, 0.15) is 11.6 Å². The fourth-order valence-corrected chi connectivity index (χ4v) is 4.25. The summed E-state index contributed by atoms with van der Waals surface area (Å²) in [5.74, 6) is -0.604.